The number of hydrogen-bond acceptors (Lipinski definition) is 5. The van der Waals surface area contributed by atoms with Gasteiger partial charge in [-0.3, -0.25) is 4.79 Å². The Morgan fingerprint density at radius 1 is 1.21 bits per heavy atom. The monoisotopic (exact) mass is 378 g/mol. The summed E-state index contributed by atoms with van der Waals surface area (Å²) in [7, 11) is 1.64. The molecule has 1 aliphatic rings. The quantitative estimate of drug-likeness (QED) is 0.753. The van der Waals surface area contributed by atoms with Gasteiger partial charge < -0.3 is 14.8 Å². The molecule has 1 atom stereocenters. The molecule has 2 aromatic carbocycles. The van der Waals surface area contributed by atoms with Crippen molar-refractivity contribution in [2.75, 3.05) is 12.4 Å². The largest absolute Gasteiger partial charge is 0.497 e. The van der Waals surface area contributed by atoms with Crippen LogP contribution >= 0.6 is 0 Å². The summed E-state index contributed by atoms with van der Waals surface area (Å²) in [6.45, 7) is 4.78. The first-order valence-corrected chi connectivity index (χ1v) is 9.12. The third-order valence-corrected chi connectivity index (χ3v) is 5.15. The van der Waals surface area contributed by atoms with Crippen LogP contribution < -0.4 is 10.1 Å². The summed E-state index contributed by atoms with van der Waals surface area (Å²) in [6.07, 6.45) is -0.143. The van der Waals surface area contributed by atoms with E-state index in [2.05, 4.69) is 15.6 Å². The fourth-order valence-electron chi connectivity index (χ4n) is 3.28. The predicted octanol–water partition coefficient (Wildman–Crippen LogP) is 3.43. The molecular weight excluding hydrogens is 356 g/mol. The smallest absolute Gasteiger partial charge is 0.278 e. The molecule has 0 bridgehead atoms. The van der Waals surface area contributed by atoms with E-state index in [1.165, 1.54) is 0 Å². The van der Waals surface area contributed by atoms with Crippen LogP contribution in [0.4, 0.5) is 5.69 Å². The third kappa shape index (κ3) is 3.36. The molecule has 7 nitrogen and oxygen atoms in total. The standard InChI is InChI=1S/C21H22N4O3/c1-13-5-4-6-17(14(13)2)22-21(26)20-18-12-28-19(11-25(18)24-23-20)15-7-9-16(27-3)10-8-15/h4-10,19H,11-12H2,1-3H3,(H,22,26). The zero-order chi connectivity index (χ0) is 19.7. The van der Waals surface area contributed by atoms with Crippen LogP contribution in [0.25, 0.3) is 0 Å². The normalized spacial score (nSPS) is 15.8. The lowest BCUT2D eigenvalue weighted by Crippen LogP contribution is -2.24. The van der Waals surface area contributed by atoms with Crippen LogP contribution in [0.15, 0.2) is 42.5 Å². The van der Waals surface area contributed by atoms with Crippen LogP contribution in [0.2, 0.25) is 0 Å². The number of carbonyl (C=O) groups excluding carboxylic acids is 1. The van der Waals surface area contributed by atoms with Crippen molar-refractivity contribution >= 4 is 11.6 Å². The Hall–Kier alpha value is -3.19. The average molecular weight is 378 g/mol. The summed E-state index contributed by atoms with van der Waals surface area (Å²) in [6, 6.07) is 13.6. The van der Waals surface area contributed by atoms with Gasteiger partial charge in [-0.15, -0.1) is 5.10 Å². The molecule has 0 radical (unpaired) electrons. The van der Waals surface area contributed by atoms with Crippen molar-refractivity contribution in [1.82, 2.24) is 15.0 Å². The van der Waals surface area contributed by atoms with Crippen molar-refractivity contribution in [3.8, 4) is 5.75 Å². The molecule has 0 fully saturated rings. The number of hydrogen-bond donors (Lipinski definition) is 1. The van der Waals surface area contributed by atoms with E-state index in [9.17, 15) is 4.79 Å². The van der Waals surface area contributed by atoms with E-state index in [0.29, 0.717) is 17.9 Å². The Labute approximate surface area is 163 Å². The van der Waals surface area contributed by atoms with Crippen molar-refractivity contribution in [2.45, 2.75) is 33.1 Å². The van der Waals surface area contributed by atoms with Crippen LogP contribution in [-0.2, 0) is 17.9 Å². The van der Waals surface area contributed by atoms with E-state index in [1.54, 1.807) is 11.8 Å². The second-order valence-electron chi connectivity index (χ2n) is 6.84. The number of anilines is 1. The van der Waals surface area contributed by atoms with E-state index in [-0.39, 0.29) is 18.6 Å². The summed E-state index contributed by atoms with van der Waals surface area (Å²) in [4.78, 5) is 12.7. The first-order valence-electron chi connectivity index (χ1n) is 9.12. The van der Waals surface area contributed by atoms with Crippen molar-refractivity contribution in [1.29, 1.82) is 0 Å². The van der Waals surface area contributed by atoms with E-state index >= 15 is 0 Å². The molecule has 1 N–H and O–H groups in total. The molecule has 1 unspecified atom stereocenters. The third-order valence-electron chi connectivity index (χ3n) is 5.15. The minimum Gasteiger partial charge on any atom is -0.497 e. The Bertz CT molecular complexity index is 1010. The van der Waals surface area contributed by atoms with Gasteiger partial charge in [0.25, 0.3) is 5.91 Å². The zero-order valence-electron chi connectivity index (χ0n) is 16.1. The Kier molecular flexibility index (Phi) is 4.83. The summed E-state index contributed by atoms with van der Waals surface area (Å²) >= 11 is 0. The summed E-state index contributed by atoms with van der Waals surface area (Å²) in [5, 5.41) is 11.2. The first kappa shape index (κ1) is 18.2. The summed E-state index contributed by atoms with van der Waals surface area (Å²) < 4.78 is 12.9. The summed E-state index contributed by atoms with van der Waals surface area (Å²) in [5.41, 5.74) is 4.95. The van der Waals surface area contributed by atoms with Gasteiger partial charge in [0.15, 0.2) is 5.69 Å². The number of amides is 1. The van der Waals surface area contributed by atoms with Crippen molar-refractivity contribution < 1.29 is 14.3 Å². The lowest BCUT2D eigenvalue weighted by Gasteiger charge is -2.24. The number of aromatic nitrogens is 3. The fourth-order valence-corrected chi connectivity index (χ4v) is 3.28. The van der Waals surface area contributed by atoms with Crippen molar-refractivity contribution in [2.24, 2.45) is 0 Å². The van der Waals surface area contributed by atoms with Gasteiger partial charge in [0.2, 0.25) is 0 Å². The minimum absolute atomic E-state index is 0.143. The maximum absolute atomic E-state index is 12.7. The lowest BCUT2D eigenvalue weighted by atomic mass is 10.1. The molecule has 3 aromatic rings. The second-order valence-corrected chi connectivity index (χ2v) is 6.84. The number of benzene rings is 2. The van der Waals surface area contributed by atoms with E-state index in [1.807, 2.05) is 56.3 Å². The molecule has 1 aromatic heterocycles. The molecule has 0 spiro atoms. The van der Waals surface area contributed by atoms with E-state index < -0.39 is 0 Å². The highest BCUT2D eigenvalue weighted by molar-refractivity contribution is 6.04. The van der Waals surface area contributed by atoms with Gasteiger partial charge in [-0.2, -0.15) is 0 Å². The second kappa shape index (κ2) is 7.44. The number of methoxy groups -OCH3 is 1. The van der Waals surface area contributed by atoms with Gasteiger partial charge in [-0.05, 0) is 48.7 Å². The average Bonchev–Trinajstić information content (AvgIpc) is 3.15. The maximum atomic E-state index is 12.7. The molecule has 7 heteroatoms. The Morgan fingerprint density at radius 2 is 2.00 bits per heavy atom. The number of aryl methyl sites for hydroxylation is 1. The molecule has 0 saturated carbocycles. The molecule has 4 rings (SSSR count). The number of rotatable bonds is 4. The zero-order valence-corrected chi connectivity index (χ0v) is 16.1. The van der Waals surface area contributed by atoms with Gasteiger partial charge in [-0.25, -0.2) is 4.68 Å². The Balaban J connectivity index is 1.51. The van der Waals surface area contributed by atoms with Crippen molar-refractivity contribution in [3.05, 3.63) is 70.5 Å². The number of fused-ring (bicyclic) bond motifs is 1. The van der Waals surface area contributed by atoms with Gasteiger partial charge in [0.05, 0.1) is 26.0 Å². The minimum atomic E-state index is -0.276. The number of nitrogens with zero attached hydrogens (tertiary/aromatic N) is 3. The SMILES string of the molecule is COc1ccc(C2Cn3nnc(C(=O)Nc4cccc(C)c4C)c3CO2)cc1. The molecule has 1 aliphatic heterocycles. The van der Waals surface area contributed by atoms with E-state index in [0.717, 1.165) is 28.1 Å². The number of ether oxygens (including phenoxy) is 2. The number of carbonyl (C=O) groups is 1. The molecule has 28 heavy (non-hydrogen) atoms. The molecule has 2 heterocycles. The Morgan fingerprint density at radius 3 is 2.75 bits per heavy atom. The molecule has 144 valence electrons. The van der Waals surface area contributed by atoms with Gasteiger partial charge in [0, 0.05) is 5.69 Å². The van der Waals surface area contributed by atoms with Crippen molar-refractivity contribution in [3.63, 3.8) is 0 Å². The number of nitrogens with one attached hydrogen (secondary N) is 1. The first-order chi connectivity index (χ1) is 13.6. The molecule has 0 saturated heterocycles. The van der Waals surface area contributed by atoms with Gasteiger partial charge >= 0.3 is 0 Å². The van der Waals surface area contributed by atoms with Gasteiger partial charge in [-0.1, -0.05) is 29.5 Å². The van der Waals surface area contributed by atoms with Crippen LogP contribution in [-0.4, -0.2) is 28.0 Å². The van der Waals surface area contributed by atoms with Crippen LogP contribution in [0.1, 0.15) is 39.0 Å². The van der Waals surface area contributed by atoms with Crippen LogP contribution in [0, 0.1) is 13.8 Å². The van der Waals surface area contributed by atoms with Gasteiger partial charge in [0.1, 0.15) is 11.9 Å². The highest BCUT2D eigenvalue weighted by Gasteiger charge is 2.28. The van der Waals surface area contributed by atoms with Crippen LogP contribution in [0.5, 0.6) is 5.75 Å². The summed E-state index contributed by atoms with van der Waals surface area (Å²) in [5.74, 6) is 0.521. The predicted molar refractivity (Wildman–Crippen MR) is 104 cm³/mol. The fraction of sp³-hybridized carbons (Fsp3) is 0.286. The van der Waals surface area contributed by atoms with Crippen LogP contribution in [0.3, 0.4) is 0 Å². The molecule has 1 amide bonds. The highest BCUT2D eigenvalue weighted by Crippen LogP contribution is 2.28. The molecular formula is C21H22N4O3. The highest BCUT2D eigenvalue weighted by atomic mass is 16.5. The maximum Gasteiger partial charge on any atom is 0.278 e. The van der Waals surface area contributed by atoms with E-state index in [4.69, 9.17) is 9.47 Å². The molecule has 0 aliphatic carbocycles. The lowest BCUT2D eigenvalue weighted by molar-refractivity contribution is -0.00173. The topological polar surface area (TPSA) is 78.3 Å².